The summed E-state index contributed by atoms with van der Waals surface area (Å²) in [6.45, 7) is 0.861. The quantitative estimate of drug-likeness (QED) is 0.438. The molecule has 10 nitrogen and oxygen atoms in total. The fourth-order valence-corrected chi connectivity index (χ4v) is 5.04. The average molecular weight is 495 g/mol. The molecule has 2 aromatic rings. The van der Waals surface area contributed by atoms with E-state index in [-0.39, 0.29) is 27.0 Å². The third-order valence-corrected chi connectivity index (χ3v) is 7.17. The van der Waals surface area contributed by atoms with E-state index in [0.717, 1.165) is 41.8 Å². The van der Waals surface area contributed by atoms with Gasteiger partial charge in [0.2, 0.25) is 0 Å². The van der Waals surface area contributed by atoms with Crippen LogP contribution in [0, 0.1) is 17.0 Å². The van der Waals surface area contributed by atoms with E-state index < -0.39 is 27.4 Å². The normalized spacial score (nSPS) is 13.5. The highest BCUT2D eigenvalue weighted by atomic mass is 35.5. The van der Waals surface area contributed by atoms with Crippen LogP contribution in [0.3, 0.4) is 0 Å². The first kappa shape index (κ1) is 24.5. The first-order valence-corrected chi connectivity index (χ1v) is 11.9. The van der Waals surface area contributed by atoms with E-state index in [1.807, 2.05) is 0 Å². The van der Waals surface area contributed by atoms with Gasteiger partial charge in [-0.2, -0.15) is 5.10 Å². The maximum Gasteiger partial charge on any atom is 0.273 e. The number of anilines is 1. The third kappa shape index (κ3) is 5.60. The van der Waals surface area contributed by atoms with Crippen molar-refractivity contribution in [2.75, 3.05) is 18.0 Å². The van der Waals surface area contributed by atoms with E-state index in [1.54, 1.807) is 0 Å². The Labute approximate surface area is 196 Å². The molecular formula is C21H23ClN4O6S. The van der Waals surface area contributed by atoms with Crippen molar-refractivity contribution in [2.45, 2.75) is 37.5 Å². The van der Waals surface area contributed by atoms with Gasteiger partial charge in [0.15, 0.2) is 0 Å². The number of ether oxygens (including phenoxy) is 1. The maximum absolute atomic E-state index is 13.6. The molecule has 0 aromatic heterocycles. The monoisotopic (exact) mass is 494 g/mol. The average Bonchev–Trinajstić information content (AvgIpc) is 3.29. The van der Waals surface area contributed by atoms with E-state index in [0.29, 0.717) is 5.56 Å². The molecule has 1 N–H and O–H groups in total. The highest BCUT2D eigenvalue weighted by molar-refractivity contribution is 7.92. The van der Waals surface area contributed by atoms with Crippen molar-refractivity contribution in [1.29, 1.82) is 0 Å². The van der Waals surface area contributed by atoms with Gasteiger partial charge in [0.05, 0.1) is 22.6 Å². The number of hydrogen-bond acceptors (Lipinski definition) is 7. The van der Waals surface area contributed by atoms with Gasteiger partial charge in [-0.05, 0) is 56.9 Å². The molecular weight excluding hydrogens is 472 g/mol. The smallest absolute Gasteiger partial charge is 0.273 e. The number of nitrogens with one attached hydrogen (secondary N) is 1. The Morgan fingerprint density at radius 2 is 1.94 bits per heavy atom. The third-order valence-electron chi connectivity index (χ3n) is 5.18. The van der Waals surface area contributed by atoms with Crippen LogP contribution < -0.4 is 14.5 Å². The second-order valence-electron chi connectivity index (χ2n) is 7.45. The summed E-state index contributed by atoms with van der Waals surface area (Å²) in [5, 5.41) is 15.7. The van der Waals surface area contributed by atoms with Gasteiger partial charge >= 0.3 is 0 Å². The second kappa shape index (κ2) is 10.2. The number of methoxy groups -OCH3 is 1. The van der Waals surface area contributed by atoms with Gasteiger partial charge in [-0.3, -0.25) is 19.2 Å². The predicted molar refractivity (Wildman–Crippen MR) is 124 cm³/mol. The van der Waals surface area contributed by atoms with Crippen molar-refractivity contribution in [3.05, 3.63) is 57.1 Å². The van der Waals surface area contributed by atoms with E-state index >= 15 is 0 Å². The van der Waals surface area contributed by atoms with Crippen LogP contribution in [0.4, 0.5) is 11.4 Å². The summed E-state index contributed by atoms with van der Waals surface area (Å²) in [5.74, 6) is -0.527. The van der Waals surface area contributed by atoms with E-state index in [2.05, 4.69) is 10.5 Å². The Kier molecular flexibility index (Phi) is 7.54. The topological polar surface area (TPSA) is 131 Å². The standard InChI is InChI=1S/C21H23ClN4O6S/c1-14-7-9-17(12-18(14)26(28)29)33(30,31)25(19-11-15(22)8-10-20(19)32-2)13-21(27)24-23-16-5-3-4-6-16/h7-12H,3-6,13H2,1-2H3,(H,24,27). The predicted octanol–water partition coefficient (Wildman–Crippen LogP) is 3.81. The summed E-state index contributed by atoms with van der Waals surface area (Å²) in [6, 6.07) is 7.87. The van der Waals surface area contributed by atoms with Gasteiger partial charge in [-0.15, -0.1) is 0 Å². The number of nitro groups is 1. The fraction of sp³-hybridized carbons (Fsp3) is 0.333. The van der Waals surface area contributed by atoms with Crippen molar-refractivity contribution in [3.63, 3.8) is 0 Å². The number of benzene rings is 2. The summed E-state index contributed by atoms with van der Waals surface area (Å²) in [5.41, 5.74) is 3.20. The van der Waals surface area contributed by atoms with Crippen molar-refractivity contribution < 1.29 is 22.9 Å². The second-order valence-corrected chi connectivity index (χ2v) is 9.75. The minimum atomic E-state index is -4.43. The van der Waals surface area contributed by atoms with Crippen LogP contribution >= 0.6 is 11.6 Å². The van der Waals surface area contributed by atoms with Crippen LogP contribution in [0.1, 0.15) is 31.2 Å². The lowest BCUT2D eigenvalue weighted by molar-refractivity contribution is -0.385. The number of carbonyl (C=O) groups is 1. The van der Waals surface area contributed by atoms with Crippen LogP contribution in [-0.4, -0.2) is 38.6 Å². The van der Waals surface area contributed by atoms with Crippen LogP contribution in [0.5, 0.6) is 5.75 Å². The first-order valence-electron chi connectivity index (χ1n) is 10.1. The largest absolute Gasteiger partial charge is 0.495 e. The molecule has 12 heteroatoms. The minimum Gasteiger partial charge on any atom is -0.495 e. The molecule has 0 unspecified atom stereocenters. The molecule has 1 saturated carbocycles. The number of rotatable bonds is 8. The number of amides is 1. The molecule has 176 valence electrons. The summed E-state index contributed by atoms with van der Waals surface area (Å²) >= 11 is 6.10. The number of hydrazone groups is 1. The van der Waals surface area contributed by atoms with Gasteiger partial charge in [-0.1, -0.05) is 17.7 Å². The number of carbonyl (C=O) groups excluding carboxylic acids is 1. The molecule has 1 fully saturated rings. The summed E-state index contributed by atoms with van der Waals surface area (Å²) in [6.07, 6.45) is 3.52. The molecule has 0 radical (unpaired) electrons. The Hall–Kier alpha value is -3.18. The molecule has 33 heavy (non-hydrogen) atoms. The Morgan fingerprint density at radius 3 is 2.58 bits per heavy atom. The SMILES string of the molecule is COc1ccc(Cl)cc1N(CC(=O)NN=C1CCCC1)S(=O)(=O)c1ccc(C)c([N+](=O)[O-])c1. The minimum absolute atomic E-state index is 0.0110. The maximum atomic E-state index is 13.6. The molecule has 1 amide bonds. The van der Waals surface area contributed by atoms with Crippen molar-refractivity contribution in [1.82, 2.24) is 5.43 Å². The van der Waals surface area contributed by atoms with Crippen LogP contribution in [0.2, 0.25) is 5.02 Å². The van der Waals surface area contributed by atoms with Crippen molar-refractivity contribution >= 4 is 44.6 Å². The number of halogens is 1. The van der Waals surface area contributed by atoms with Gasteiger partial charge < -0.3 is 4.74 Å². The zero-order valence-corrected chi connectivity index (χ0v) is 19.6. The fourth-order valence-electron chi connectivity index (χ4n) is 3.43. The number of nitrogens with zero attached hydrogens (tertiary/aromatic N) is 3. The van der Waals surface area contributed by atoms with Gasteiger partial charge in [0.1, 0.15) is 12.3 Å². The Bertz CT molecular complexity index is 1210. The van der Waals surface area contributed by atoms with Crippen molar-refractivity contribution in [2.24, 2.45) is 5.10 Å². The molecule has 0 bridgehead atoms. The molecule has 1 aliphatic carbocycles. The van der Waals surface area contributed by atoms with Crippen LogP contribution in [-0.2, 0) is 14.8 Å². The lowest BCUT2D eigenvalue weighted by atomic mass is 10.2. The molecule has 3 rings (SSSR count). The van der Waals surface area contributed by atoms with E-state index in [9.17, 15) is 23.3 Å². The Balaban J connectivity index is 2.05. The van der Waals surface area contributed by atoms with Crippen molar-refractivity contribution in [3.8, 4) is 5.75 Å². The summed E-state index contributed by atoms with van der Waals surface area (Å²) in [7, 11) is -3.08. The van der Waals surface area contributed by atoms with E-state index in [4.69, 9.17) is 16.3 Å². The molecule has 0 atom stereocenters. The molecule has 0 heterocycles. The summed E-state index contributed by atoms with van der Waals surface area (Å²) < 4.78 is 33.3. The van der Waals surface area contributed by atoms with Gasteiger partial charge in [0, 0.05) is 22.4 Å². The molecule has 0 aliphatic heterocycles. The highest BCUT2D eigenvalue weighted by Gasteiger charge is 2.31. The molecule has 1 aliphatic rings. The van der Waals surface area contributed by atoms with E-state index in [1.165, 1.54) is 44.4 Å². The van der Waals surface area contributed by atoms with Crippen LogP contribution in [0.25, 0.3) is 0 Å². The molecule has 2 aromatic carbocycles. The lowest BCUT2D eigenvalue weighted by Gasteiger charge is -2.25. The van der Waals surface area contributed by atoms with Gasteiger partial charge in [0.25, 0.3) is 21.6 Å². The molecule has 0 saturated heterocycles. The highest BCUT2D eigenvalue weighted by Crippen LogP contribution is 2.35. The zero-order valence-electron chi connectivity index (χ0n) is 18.1. The lowest BCUT2D eigenvalue weighted by Crippen LogP contribution is -2.40. The summed E-state index contributed by atoms with van der Waals surface area (Å²) in [4.78, 5) is 23.0. The van der Waals surface area contributed by atoms with Crippen LogP contribution in [0.15, 0.2) is 46.4 Å². The Morgan fingerprint density at radius 1 is 1.24 bits per heavy atom. The number of nitro benzene ring substituents is 1. The number of sulfonamides is 1. The molecule has 0 spiro atoms. The van der Waals surface area contributed by atoms with Gasteiger partial charge in [-0.25, -0.2) is 13.8 Å². The number of aryl methyl sites for hydroxylation is 1. The number of hydrogen-bond donors (Lipinski definition) is 1. The zero-order chi connectivity index (χ0) is 24.2. The first-order chi connectivity index (χ1) is 15.6.